The molecule has 0 aliphatic carbocycles. The van der Waals surface area contributed by atoms with Crippen molar-refractivity contribution in [2.75, 3.05) is 19.5 Å². The lowest BCUT2D eigenvalue weighted by molar-refractivity contribution is 0.0599. The summed E-state index contributed by atoms with van der Waals surface area (Å²) in [5, 5.41) is 2.92. The summed E-state index contributed by atoms with van der Waals surface area (Å²) in [7, 11) is 2.41. The summed E-state index contributed by atoms with van der Waals surface area (Å²) >= 11 is 0. The van der Waals surface area contributed by atoms with Gasteiger partial charge in [0, 0.05) is 16.8 Å². The van der Waals surface area contributed by atoms with Crippen LogP contribution in [0.5, 0.6) is 0 Å². The Morgan fingerprint density at radius 3 is 2.06 bits per heavy atom. The van der Waals surface area contributed by atoms with Crippen LogP contribution in [0.1, 0.15) is 36.6 Å². The van der Waals surface area contributed by atoms with Crippen LogP contribution < -0.4 is 10.7 Å². The Hall–Kier alpha value is -4.72. The van der Waals surface area contributed by atoms with Crippen LogP contribution in [-0.4, -0.2) is 32.1 Å². The molecule has 0 fully saturated rings. The van der Waals surface area contributed by atoms with Crippen molar-refractivity contribution in [3.8, 4) is 11.3 Å². The molecule has 8 heteroatoms. The van der Waals surface area contributed by atoms with Crippen LogP contribution in [0, 0.1) is 6.92 Å². The van der Waals surface area contributed by atoms with Crippen LogP contribution in [0.15, 0.2) is 75.9 Å². The lowest BCUT2D eigenvalue weighted by Crippen LogP contribution is -2.16. The lowest BCUT2D eigenvalue weighted by atomic mass is 10.0. The van der Waals surface area contributed by atoms with Crippen LogP contribution >= 0.6 is 0 Å². The molecule has 0 bridgehead atoms. The summed E-state index contributed by atoms with van der Waals surface area (Å²) < 4.78 is 15.6. The van der Waals surface area contributed by atoms with Crippen molar-refractivity contribution in [1.82, 2.24) is 0 Å². The van der Waals surface area contributed by atoms with Crippen LogP contribution in [-0.2, 0) is 9.47 Å². The number of anilines is 1. The molecule has 0 radical (unpaired) electrons. The number of methoxy groups -OCH3 is 2. The van der Waals surface area contributed by atoms with Gasteiger partial charge in [0.15, 0.2) is 11.0 Å². The molecule has 1 heterocycles. The molecule has 4 rings (SSSR count). The Labute approximate surface area is 200 Å². The van der Waals surface area contributed by atoms with Gasteiger partial charge in [-0.25, -0.2) is 9.59 Å². The molecule has 0 unspecified atom stereocenters. The molecule has 0 atom stereocenters. The molecule has 1 amide bonds. The Bertz CT molecular complexity index is 1490. The zero-order valence-corrected chi connectivity index (χ0v) is 19.2. The summed E-state index contributed by atoms with van der Waals surface area (Å²) in [5.41, 5.74) is 1.38. The zero-order valence-electron chi connectivity index (χ0n) is 19.2. The van der Waals surface area contributed by atoms with Gasteiger partial charge in [0.2, 0.25) is 0 Å². The molecule has 176 valence electrons. The van der Waals surface area contributed by atoms with Crippen LogP contribution in [0.4, 0.5) is 5.69 Å². The first-order valence-electron chi connectivity index (χ1n) is 10.6. The smallest absolute Gasteiger partial charge is 0.337 e. The second-order valence-corrected chi connectivity index (χ2v) is 7.67. The van der Waals surface area contributed by atoms with Crippen molar-refractivity contribution in [2.24, 2.45) is 0 Å². The maximum absolute atomic E-state index is 13.3. The van der Waals surface area contributed by atoms with Gasteiger partial charge in [0.1, 0.15) is 5.76 Å². The van der Waals surface area contributed by atoms with Crippen LogP contribution in [0.3, 0.4) is 0 Å². The van der Waals surface area contributed by atoms with Crippen molar-refractivity contribution in [1.29, 1.82) is 0 Å². The van der Waals surface area contributed by atoms with E-state index in [1.165, 1.54) is 38.5 Å². The number of benzene rings is 3. The average molecular weight is 471 g/mol. The predicted octanol–water partition coefficient (Wildman–Crippen LogP) is 4.59. The summed E-state index contributed by atoms with van der Waals surface area (Å²) in [6, 6.07) is 17.9. The number of nitrogens with one attached hydrogen (secondary N) is 1. The molecular weight excluding hydrogens is 450 g/mol. The highest BCUT2D eigenvalue weighted by Gasteiger charge is 2.20. The van der Waals surface area contributed by atoms with Crippen LogP contribution in [0.25, 0.3) is 22.3 Å². The van der Waals surface area contributed by atoms with E-state index in [0.29, 0.717) is 16.9 Å². The van der Waals surface area contributed by atoms with Gasteiger partial charge in [-0.1, -0.05) is 36.4 Å². The SMILES string of the molecule is COC(=O)c1cc(NC(=O)c2cccc3c(=O)c(C)c(-c4ccccc4)oc23)cc(C(=O)OC)c1. The minimum atomic E-state index is -0.689. The Morgan fingerprint density at radius 1 is 0.829 bits per heavy atom. The van der Waals surface area contributed by atoms with Gasteiger partial charge in [-0.05, 0) is 37.3 Å². The van der Waals surface area contributed by atoms with E-state index in [4.69, 9.17) is 13.9 Å². The standard InChI is InChI=1S/C27H21NO7/c1-15-22(29)20-10-7-11-21(24(20)35-23(15)16-8-5-4-6-9-16)25(30)28-19-13-17(26(31)33-2)12-18(14-19)27(32)34-3/h4-14H,1-3H3,(H,28,30). The monoisotopic (exact) mass is 471 g/mol. The first-order chi connectivity index (χ1) is 16.8. The van der Waals surface area contributed by atoms with Crippen LogP contribution in [0.2, 0.25) is 0 Å². The van der Waals surface area contributed by atoms with Crippen molar-refractivity contribution >= 4 is 34.5 Å². The molecule has 0 aliphatic heterocycles. The molecular formula is C27H21NO7. The number of rotatable bonds is 5. The fourth-order valence-electron chi connectivity index (χ4n) is 3.72. The molecule has 8 nitrogen and oxygen atoms in total. The number of carbonyl (C=O) groups excluding carboxylic acids is 3. The highest BCUT2D eigenvalue weighted by atomic mass is 16.5. The topological polar surface area (TPSA) is 112 Å². The molecule has 1 aromatic heterocycles. The van der Waals surface area contributed by atoms with Gasteiger partial charge in [-0.15, -0.1) is 0 Å². The van der Waals surface area contributed by atoms with Gasteiger partial charge in [-0.2, -0.15) is 0 Å². The number of ether oxygens (including phenoxy) is 2. The van der Waals surface area contributed by atoms with Gasteiger partial charge in [0.25, 0.3) is 5.91 Å². The first kappa shape index (κ1) is 23.4. The molecule has 1 N–H and O–H groups in total. The first-order valence-corrected chi connectivity index (χ1v) is 10.6. The van der Waals surface area contributed by atoms with Gasteiger partial charge >= 0.3 is 11.9 Å². The molecule has 35 heavy (non-hydrogen) atoms. The normalized spacial score (nSPS) is 10.6. The van der Waals surface area contributed by atoms with E-state index in [1.54, 1.807) is 19.1 Å². The third-order valence-electron chi connectivity index (χ3n) is 5.46. The van der Waals surface area contributed by atoms with E-state index in [2.05, 4.69) is 5.32 Å². The number of hydrogen-bond acceptors (Lipinski definition) is 7. The summed E-state index contributed by atoms with van der Waals surface area (Å²) in [5.74, 6) is -1.61. The summed E-state index contributed by atoms with van der Waals surface area (Å²) in [6.07, 6.45) is 0. The molecule has 0 spiro atoms. The quantitative estimate of drug-likeness (QED) is 0.424. The maximum atomic E-state index is 13.3. The van der Waals surface area contributed by atoms with E-state index < -0.39 is 17.8 Å². The summed E-state index contributed by atoms with van der Waals surface area (Å²) in [4.78, 5) is 50.5. The molecule has 0 saturated heterocycles. The number of hydrogen-bond donors (Lipinski definition) is 1. The predicted molar refractivity (Wildman–Crippen MR) is 130 cm³/mol. The highest BCUT2D eigenvalue weighted by molar-refractivity contribution is 6.12. The lowest BCUT2D eigenvalue weighted by Gasteiger charge is -2.12. The number of amides is 1. The third-order valence-corrected chi connectivity index (χ3v) is 5.46. The minimum Gasteiger partial charge on any atom is -0.465 e. The van der Waals surface area contributed by atoms with Crippen molar-refractivity contribution in [3.05, 3.63) is 99.2 Å². The van der Waals surface area contributed by atoms with Crippen molar-refractivity contribution in [2.45, 2.75) is 6.92 Å². The minimum absolute atomic E-state index is 0.0529. The Kier molecular flexibility index (Phi) is 6.46. The fraction of sp³-hybridized carbons (Fsp3) is 0.111. The van der Waals surface area contributed by atoms with E-state index in [1.807, 2.05) is 30.3 Å². The van der Waals surface area contributed by atoms with Crippen molar-refractivity contribution < 1.29 is 28.3 Å². The number of carbonyl (C=O) groups is 3. The Balaban J connectivity index is 1.81. The fourth-order valence-corrected chi connectivity index (χ4v) is 3.72. The second-order valence-electron chi connectivity index (χ2n) is 7.67. The summed E-state index contributed by atoms with van der Waals surface area (Å²) in [6.45, 7) is 1.67. The van der Waals surface area contributed by atoms with Gasteiger partial charge < -0.3 is 19.2 Å². The number of para-hydroxylation sites is 1. The maximum Gasteiger partial charge on any atom is 0.337 e. The van der Waals surface area contributed by atoms with E-state index in [-0.39, 0.29) is 38.8 Å². The van der Waals surface area contributed by atoms with E-state index in [0.717, 1.165) is 0 Å². The van der Waals surface area contributed by atoms with Gasteiger partial charge in [-0.3, -0.25) is 9.59 Å². The number of esters is 2. The number of fused-ring (bicyclic) bond motifs is 1. The molecule has 0 aliphatic rings. The molecule has 3 aromatic carbocycles. The Morgan fingerprint density at radius 2 is 1.46 bits per heavy atom. The average Bonchev–Trinajstić information content (AvgIpc) is 2.89. The largest absolute Gasteiger partial charge is 0.465 e. The molecule has 4 aromatic rings. The van der Waals surface area contributed by atoms with Gasteiger partial charge in [0.05, 0.1) is 36.3 Å². The van der Waals surface area contributed by atoms with E-state index >= 15 is 0 Å². The zero-order chi connectivity index (χ0) is 25.1. The molecule has 0 saturated carbocycles. The van der Waals surface area contributed by atoms with Crippen molar-refractivity contribution in [3.63, 3.8) is 0 Å². The third kappa shape index (κ3) is 4.54. The van der Waals surface area contributed by atoms with E-state index in [9.17, 15) is 19.2 Å². The highest BCUT2D eigenvalue weighted by Crippen LogP contribution is 2.28. The second kappa shape index (κ2) is 9.64.